The molecule has 1 rings (SSSR count). The van der Waals surface area contributed by atoms with Crippen molar-refractivity contribution in [2.75, 3.05) is 52.6 Å². The summed E-state index contributed by atoms with van der Waals surface area (Å²) in [6, 6.07) is 0. The highest BCUT2D eigenvalue weighted by Crippen LogP contribution is 2.16. The van der Waals surface area contributed by atoms with Crippen molar-refractivity contribution in [3.63, 3.8) is 0 Å². The Kier molecular flexibility index (Phi) is 20.2. The van der Waals surface area contributed by atoms with Gasteiger partial charge in [-0.05, 0) is 33.1 Å². The zero-order chi connectivity index (χ0) is 23.3. The van der Waals surface area contributed by atoms with E-state index in [2.05, 4.69) is 11.1 Å². The lowest BCUT2D eigenvalue weighted by atomic mass is 10.0. The number of aliphatic hydroxyl groups is 1. The van der Waals surface area contributed by atoms with Crippen LogP contribution in [0.4, 0.5) is 0 Å². The first-order valence-electron chi connectivity index (χ1n) is 12.5. The molecule has 0 radical (unpaired) electrons. The van der Waals surface area contributed by atoms with Crippen molar-refractivity contribution in [1.29, 1.82) is 0 Å². The number of morpholine rings is 1. The van der Waals surface area contributed by atoms with E-state index >= 15 is 0 Å². The number of likely N-dealkylation sites (N-methyl/N-ethyl adjacent to an activating group) is 1. The van der Waals surface area contributed by atoms with Crippen molar-refractivity contribution in [3.05, 3.63) is 0 Å². The van der Waals surface area contributed by atoms with Crippen LogP contribution in [0.3, 0.4) is 0 Å². The summed E-state index contributed by atoms with van der Waals surface area (Å²) in [5.74, 6) is 0. The minimum Gasteiger partial charge on any atom is -0.726 e. The third-order valence-electron chi connectivity index (χ3n) is 6.14. The molecule has 1 saturated heterocycles. The second-order valence-electron chi connectivity index (χ2n) is 8.58. The first-order valence-corrected chi connectivity index (χ1v) is 13.9. The molecule has 0 aromatic heterocycles. The summed E-state index contributed by atoms with van der Waals surface area (Å²) in [4.78, 5) is 0. The molecule has 0 aromatic carbocycles. The van der Waals surface area contributed by atoms with Gasteiger partial charge in [-0.3, -0.25) is 4.18 Å². The SMILES string of the molecule is CCOS(=O)(=O)[O-].CC[N+]1(CCCCCCCCCCCCCCCO)CCOCC1. The number of quaternary nitrogens is 1. The molecule has 1 fully saturated rings. The van der Waals surface area contributed by atoms with Gasteiger partial charge in [0.2, 0.25) is 10.4 Å². The van der Waals surface area contributed by atoms with Crippen LogP contribution in [0, 0.1) is 0 Å². The van der Waals surface area contributed by atoms with Crippen LogP contribution in [0.25, 0.3) is 0 Å². The number of ether oxygens (including phenoxy) is 1. The van der Waals surface area contributed by atoms with Crippen LogP contribution in [0.1, 0.15) is 97.3 Å². The smallest absolute Gasteiger partial charge is 0.217 e. The number of hydrogen-bond donors (Lipinski definition) is 1. The summed E-state index contributed by atoms with van der Waals surface area (Å²) >= 11 is 0. The number of rotatable bonds is 18. The lowest BCUT2D eigenvalue weighted by molar-refractivity contribution is -0.933. The van der Waals surface area contributed by atoms with Crippen molar-refractivity contribution in [2.45, 2.75) is 97.3 Å². The summed E-state index contributed by atoms with van der Waals surface area (Å²) in [5.41, 5.74) is 0. The average molecular weight is 468 g/mol. The Morgan fingerprint density at radius 2 is 1.23 bits per heavy atom. The molecule has 0 aliphatic carbocycles. The Morgan fingerprint density at radius 1 is 0.806 bits per heavy atom. The summed E-state index contributed by atoms with van der Waals surface area (Å²) in [7, 11) is -4.42. The van der Waals surface area contributed by atoms with E-state index < -0.39 is 10.4 Å². The van der Waals surface area contributed by atoms with E-state index in [1.807, 2.05) is 0 Å². The van der Waals surface area contributed by atoms with E-state index in [-0.39, 0.29) is 6.61 Å². The van der Waals surface area contributed by atoms with Gasteiger partial charge in [-0.15, -0.1) is 0 Å². The minimum absolute atomic E-state index is 0.0914. The van der Waals surface area contributed by atoms with Gasteiger partial charge in [-0.2, -0.15) is 0 Å². The molecule has 0 aromatic rings. The average Bonchev–Trinajstić information content (AvgIpc) is 2.74. The number of aliphatic hydroxyl groups excluding tert-OH is 1. The highest BCUT2D eigenvalue weighted by atomic mass is 32.3. The minimum atomic E-state index is -4.42. The van der Waals surface area contributed by atoms with Crippen LogP contribution in [0.2, 0.25) is 0 Å². The standard InChI is InChI=1S/C21H44NO2.C2H6O4S/c1-2-22(17-20-24-21-18-22)16-14-12-10-8-6-4-3-5-7-9-11-13-15-19-23;1-2-6-7(3,4)5/h23H,2-21H2,1H3;2H2,1H3,(H,3,4,5)/q+1;/p-1. The van der Waals surface area contributed by atoms with E-state index in [0.29, 0.717) is 6.61 Å². The van der Waals surface area contributed by atoms with Gasteiger partial charge in [-0.1, -0.05) is 64.2 Å². The molecule has 8 heteroatoms. The highest BCUT2D eigenvalue weighted by molar-refractivity contribution is 7.80. The van der Waals surface area contributed by atoms with Crippen LogP contribution < -0.4 is 0 Å². The lowest BCUT2D eigenvalue weighted by Gasteiger charge is -2.40. The van der Waals surface area contributed by atoms with Gasteiger partial charge in [0.05, 0.1) is 32.9 Å². The molecule has 0 spiro atoms. The van der Waals surface area contributed by atoms with Crippen LogP contribution in [0.5, 0.6) is 0 Å². The molecule has 7 nitrogen and oxygen atoms in total. The fourth-order valence-electron chi connectivity index (χ4n) is 4.08. The molecule has 0 amide bonds. The molecule has 0 bridgehead atoms. The second-order valence-corrected chi connectivity index (χ2v) is 9.63. The quantitative estimate of drug-likeness (QED) is 0.139. The Morgan fingerprint density at radius 3 is 1.55 bits per heavy atom. The van der Waals surface area contributed by atoms with Crippen LogP contribution >= 0.6 is 0 Å². The van der Waals surface area contributed by atoms with E-state index in [1.165, 1.54) is 115 Å². The third kappa shape index (κ3) is 20.1. The third-order valence-corrected chi connectivity index (χ3v) is 6.67. The van der Waals surface area contributed by atoms with Crippen LogP contribution in [-0.2, 0) is 19.3 Å². The summed E-state index contributed by atoms with van der Waals surface area (Å²) < 4.78 is 38.8. The first-order chi connectivity index (χ1) is 14.9. The largest absolute Gasteiger partial charge is 0.726 e. The molecular weight excluding hydrogens is 418 g/mol. The summed E-state index contributed by atoms with van der Waals surface area (Å²) in [6.07, 6.45) is 17.7. The van der Waals surface area contributed by atoms with Gasteiger partial charge in [0.15, 0.2) is 0 Å². The van der Waals surface area contributed by atoms with Gasteiger partial charge < -0.3 is 18.9 Å². The van der Waals surface area contributed by atoms with Crippen LogP contribution in [0.15, 0.2) is 0 Å². The fraction of sp³-hybridized carbons (Fsp3) is 1.00. The molecule has 1 aliphatic heterocycles. The van der Waals surface area contributed by atoms with Crippen molar-refractivity contribution in [3.8, 4) is 0 Å². The Hall–Kier alpha value is -0.250. The predicted octanol–water partition coefficient (Wildman–Crippen LogP) is 4.40. The molecule has 0 atom stereocenters. The maximum Gasteiger partial charge on any atom is 0.217 e. The molecule has 1 aliphatic rings. The van der Waals surface area contributed by atoms with Crippen molar-refractivity contribution in [2.24, 2.45) is 0 Å². The normalized spacial score (nSPS) is 16.0. The highest BCUT2D eigenvalue weighted by Gasteiger charge is 2.27. The van der Waals surface area contributed by atoms with E-state index in [9.17, 15) is 13.0 Å². The summed E-state index contributed by atoms with van der Waals surface area (Å²) in [6.45, 7) is 11.1. The topological polar surface area (TPSA) is 95.9 Å². The van der Waals surface area contributed by atoms with E-state index in [0.717, 1.165) is 19.6 Å². The molecule has 31 heavy (non-hydrogen) atoms. The maximum atomic E-state index is 9.45. The Bertz CT molecular complexity index is 480. The molecule has 188 valence electrons. The molecule has 0 saturated carbocycles. The van der Waals surface area contributed by atoms with Gasteiger partial charge >= 0.3 is 0 Å². The number of nitrogens with zero attached hydrogens (tertiary/aromatic N) is 1. The molecule has 0 unspecified atom stereocenters. The first kappa shape index (κ1) is 30.8. The van der Waals surface area contributed by atoms with Crippen molar-refractivity contribution in [1.82, 2.24) is 0 Å². The Balaban J connectivity index is 0.00000110. The number of hydrogen-bond acceptors (Lipinski definition) is 6. The van der Waals surface area contributed by atoms with E-state index in [1.54, 1.807) is 0 Å². The molecule has 1 heterocycles. The number of unbranched alkanes of at least 4 members (excludes halogenated alkanes) is 12. The second kappa shape index (κ2) is 20.4. The van der Waals surface area contributed by atoms with Gasteiger partial charge in [0, 0.05) is 6.61 Å². The molecular formula is C23H49NO6S. The molecule has 1 N–H and O–H groups in total. The zero-order valence-corrected chi connectivity index (χ0v) is 21.0. The fourth-order valence-corrected chi connectivity index (χ4v) is 4.36. The zero-order valence-electron chi connectivity index (χ0n) is 20.2. The van der Waals surface area contributed by atoms with Crippen LogP contribution in [-0.4, -0.2) is 75.2 Å². The van der Waals surface area contributed by atoms with Gasteiger partial charge in [0.1, 0.15) is 13.1 Å². The van der Waals surface area contributed by atoms with Crippen molar-refractivity contribution < 1.29 is 31.5 Å². The summed E-state index contributed by atoms with van der Waals surface area (Å²) in [5, 5.41) is 8.73. The maximum absolute atomic E-state index is 9.45. The van der Waals surface area contributed by atoms with Gasteiger partial charge in [-0.25, -0.2) is 8.42 Å². The predicted molar refractivity (Wildman–Crippen MR) is 125 cm³/mol. The van der Waals surface area contributed by atoms with Crippen molar-refractivity contribution >= 4 is 10.4 Å². The van der Waals surface area contributed by atoms with Gasteiger partial charge in [0.25, 0.3) is 0 Å². The van der Waals surface area contributed by atoms with E-state index in [4.69, 9.17) is 9.84 Å². The lowest BCUT2D eigenvalue weighted by Crippen LogP contribution is -2.55. The Labute approximate surface area is 192 Å². The monoisotopic (exact) mass is 467 g/mol.